The lowest BCUT2D eigenvalue weighted by Gasteiger charge is -2.11. The van der Waals surface area contributed by atoms with E-state index in [4.69, 9.17) is 5.73 Å². The maximum absolute atomic E-state index is 12.5. The number of rotatable bonds is 3. The fraction of sp³-hybridized carbons (Fsp3) is 0. The van der Waals surface area contributed by atoms with Gasteiger partial charge in [-0.3, -0.25) is 9.71 Å². The van der Waals surface area contributed by atoms with Crippen LogP contribution in [0.5, 0.6) is 0 Å². The van der Waals surface area contributed by atoms with Crippen LogP contribution in [-0.4, -0.2) is 13.4 Å². The number of aromatic nitrogens is 1. The van der Waals surface area contributed by atoms with Crippen LogP contribution in [0, 0.1) is 0 Å². The molecule has 0 aliphatic heterocycles. The van der Waals surface area contributed by atoms with Gasteiger partial charge in [0.15, 0.2) is 0 Å². The number of hydrogen-bond acceptors (Lipinski definition) is 4. The van der Waals surface area contributed by atoms with E-state index < -0.39 is 10.0 Å². The Morgan fingerprint density at radius 2 is 1.81 bits per heavy atom. The first-order valence-electron chi connectivity index (χ1n) is 6.28. The van der Waals surface area contributed by atoms with Crippen LogP contribution in [0.25, 0.3) is 10.8 Å². The molecule has 106 valence electrons. The molecule has 0 aliphatic rings. The van der Waals surface area contributed by atoms with Crippen LogP contribution in [0.3, 0.4) is 0 Å². The van der Waals surface area contributed by atoms with Crippen molar-refractivity contribution in [1.29, 1.82) is 0 Å². The van der Waals surface area contributed by atoms with Crippen molar-refractivity contribution in [3.63, 3.8) is 0 Å². The van der Waals surface area contributed by atoms with Crippen LogP contribution in [-0.2, 0) is 10.0 Å². The van der Waals surface area contributed by atoms with Gasteiger partial charge >= 0.3 is 0 Å². The van der Waals surface area contributed by atoms with Crippen LogP contribution in [0.1, 0.15) is 0 Å². The van der Waals surface area contributed by atoms with Gasteiger partial charge in [-0.25, -0.2) is 8.42 Å². The molecule has 0 atom stereocenters. The SMILES string of the molecule is Nc1ccccc1S(=O)(=O)Nc1cccc2cnccc12. The monoisotopic (exact) mass is 299 g/mol. The second-order valence-corrected chi connectivity index (χ2v) is 6.20. The van der Waals surface area contributed by atoms with Crippen LogP contribution in [0.4, 0.5) is 11.4 Å². The van der Waals surface area contributed by atoms with Gasteiger partial charge < -0.3 is 5.73 Å². The summed E-state index contributed by atoms with van der Waals surface area (Å²) in [5, 5.41) is 1.64. The summed E-state index contributed by atoms with van der Waals surface area (Å²) in [4.78, 5) is 4.09. The van der Waals surface area contributed by atoms with Gasteiger partial charge in [-0.05, 0) is 24.3 Å². The lowest BCUT2D eigenvalue weighted by molar-refractivity contribution is 0.601. The van der Waals surface area contributed by atoms with Gasteiger partial charge in [0.25, 0.3) is 10.0 Å². The maximum Gasteiger partial charge on any atom is 0.263 e. The quantitative estimate of drug-likeness (QED) is 0.728. The molecule has 0 aliphatic carbocycles. The minimum atomic E-state index is -3.73. The van der Waals surface area contributed by atoms with Crippen molar-refractivity contribution in [2.45, 2.75) is 4.90 Å². The summed E-state index contributed by atoms with van der Waals surface area (Å²) < 4.78 is 27.5. The molecular weight excluding hydrogens is 286 g/mol. The standard InChI is InChI=1S/C15H13N3O2S/c16-13-5-1-2-7-15(13)21(19,20)18-14-6-3-4-11-10-17-9-8-12(11)14/h1-10,18H,16H2. The third kappa shape index (κ3) is 2.53. The summed E-state index contributed by atoms with van der Waals surface area (Å²) in [6.07, 6.45) is 3.31. The van der Waals surface area contributed by atoms with Gasteiger partial charge in [-0.1, -0.05) is 24.3 Å². The van der Waals surface area contributed by atoms with Gasteiger partial charge in [0.05, 0.1) is 11.4 Å². The molecule has 0 amide bonds. The van der Waals surface area contributed by atoms with E-state index in [1.807, 2.05) is 6.07 Å². The van der Waals surface area contributed by atoms with Crippen molar-refractivity contribution < 1.29 is 8.42 Å². The highest BCUT2D eigenvalue weighted by Gasteiger charge is 2.17. The molecule has 1 aromatic heterocycles. The van der Waals surface area contributed by atoms with Crippen LogP contribution < -0.4 is 10.5 Å². The molecule has 3 N–H and O–H groups in total. The first-order chi connectivity index (χ1) is 10.1. The van der Waals surface area contributed by atoms with Crippen LogP contribution in [0.2, 0.25) is 0 Å². The molecule has 0 fully saturated rings. The highest BCUT2D eigenvalue weighted by Crippen LogP contribution is 2.26. The summed E-state index contributed by atoms with van der Waals surface area (Å²) in [5.74, 6) is 0. The number of nitrogen functional groups attached to an aromatic ring is 1. The molecule has 2 aromatic carbocycles. The van der Waals surface area contributed by atoms with Gasteiger partial charge in [0, 0.05) is 23.2 Å². The fourth-order valence-corrected chi connectivity index (χ4v) is 3.35. The minimum absolute atomic E-state index is 0.0658. The van der Waals surface area contributed by atoms with Crippen LogP contribution in [0.15, 0.2) is 65.8 Å². The Hall–Kier alpha value is -2.60. The molecule has 3 aromatic rings. The number of nitrogens with two attached hydrogens (primary N) is 1. The molecular formula is C15H13N3O2S. The van der Waals surface area contributed by atoms with Crippen molar-refractivity contribution in [3.05, 3.63) is 60.9 Å². The number of hydrogen-bond donors (Lipinski definition) is 2. The molecule has 0 bridgehead atoms. The van der Waals surface area contributed by atoms with Crippen molar-refractivity contribution in [2.24, 2.45) is 0 Å². The van der Waals surface area contributed by atoms with E-state index in [-0.39, 0.29) is 10.6 Å². The first-order valence-corrected chi connectivity index (χ1v) is 7.76. The average molecular weight is 299 g/mol. The Kier molecular flexibility index (Phi) is 3.23. The zero-order valence-electron chi connectivity index (χ0n) is 11.0. The predicted octanol–water partition coefficient (Wildman–Crippen LogP) is 2.62. The highest BCUT2D eigenvalue weighted by atomic mass is 32.2. The number of pyridine rings is 1. The summed E-state index contributed by atoms with van der Waals surface area (Å²) in [6, 6.07) is 13.5. The number of fused-ring (bicyclic) bond motifs is 1. The molecule has 0 unspecified atom stereocenters. The van der Waals surface area contributed by atoms with E-state index in [1.165, 1.54) is 6.07 Å². The number of sulfonamides is 1. The lowest BCUT2D eigenvalue weighted by Crippen LogP contribution is -2.14. The van der Waals surface area contributed by atoms with E-state index in [2.05, 4.69) is 9.71 Å². The summed E-state index contributed by atoms with van der Waals surface area (Å²) >= 11 is 0. The Morgan fingerprint density at radius 1 is 1.00 bits per heavy atom. The van der Waals surface area contributed by atoms with Crippen molar-refractivity contribution >= 4 is 32.2 Å². The predicted molar refractivity (Wildman–Crippen MR) is 83.4 cm³/mol. The topological polar surface area (TPSA) is 85.1 Å². The van der Waals surface area contributed by atoms with Crippen molar-refractivity contribution in [1.82, 2.24) is 4.98 Å². The second-order valence-electron chi connectivity index (χ2n) is 4.55. The zero-order chi connectivity index (χ0) is 14.9. The van der Waals surface area contributed by atoms with Gasteiger partial charge in [-0.2, -0.15) is 0 Å². The Labute approximate surface area is 122 Å². The fourth-order valence-electron chi connectivity index (χ4n) is 2.14. The number of nitrogens with one attached hydrogen (secondary N) is 1. The second kappa shape index (κ2) is 5.06. The summed E-state index contributed by atoms with van der Waals surface area (Å²) in [5.41, 5.74) is 6.46. The summed E-state index contributed by atoms with van der Waals surface area (Å²) in [7, 11) is -3.73. The number of benzene rings is 2. The van der Waals surface area contributed by atoms with Crippen molar-refractivity contribution in [3.8, 4) is 0 Å². The van der Waals surface area contributed by atoms with E-state index in [0.717, 1.165) is 10.8 Å². The number of nitrogens with zero attached hydrogens (tertiary/aromatic N) is 1. The molecule has 1 heterocycles. The highest BCUT2D eigenvalue weighted by molar-refractivity contribution is 7.93. The van der Waals surface area contributed by atoms with Crippen LogP contribution >= 0.6 is 0 Å². The normalized spacial score (nSPS) is 11.4. The molecule has 21 heavy (non-hydrogen) atoms. The average Bonchev–Trinajstić information content (AvgIpc) is 2.47. The minimum Gasteiger partial charge on any atom is -0.398 e. The van der Waals surface area contributed by atoms with E-state index in [1.54, 1.807) is 48.8 Å². The van der Waals surface area contributed by atoms with E-state index in [0.29, 0.717) is 5.69 Å². The Bertz CT molecular complexity index is 902. The molecule has 3 rings (SSSR count). The Morgan fingerprint density at radius 3 is 2.62 bits per heavy atom. The molecule has 0 saturated carbocycles. The zero-order valence-corrected chi connectivity index (χ0v) is 11.8. The number of para-hydroxylation sites is 1. The third-order valence-electron chi connectivity index (χ3n) is 3.13. The number of anilines is 2. The van der Waals surface area contributed by atoms with E-state index >= 15 is 0 Å². The summed E-state index contributed by atoms with van der Waals surface area (Å²) in [6.45, 7) is 0. The van der Waals surface area contributed by atoms with E-state index in [9.17, 15) is 8.42 Å². The molecule has 0 spiro atoms. The lowest BCUT2D eigenvalue weighted by atomic mass is 10.1. The molecule has 6 heteroatoms. The Balaban J connectivity index is 2.08. The smallest absolute Gasteiger partial charge is 0.263 e. The molecule has 0 radical (unpaired) electrons. The molecule has 0 saturated heterocycles. The maximum atomic E-state index is 12.5. The first kappa shape index (κ1) is 13.4. The van der Waals surface area contributed by atoms with Gasteiger partial charge in [0.1, 0.15) is 4.90 Å². The van der Waals surface area contributed by atoms with Gasteiger partial charge in [0.2, 0.25) is 0 Å². The van der Waals surface area contributed by atoms with Crippen molar-refractivity contribution in [2.75, 3.05) is 10.5 Å². The van der Waals surface area contributed by atoms with Gasteiger partial charge in [-0.15, -0.1) is 0 Å². The largest absolute Gasteiger partial charge is 0.398 e. The molecule has 5 nitrogen and oxygen atoms in total. The third-order valence-corrected chi connectivity index (χ3v) is 4.57.